The molecule has 0 saturated carbocycles. The van der Waals surface area contributed by atoms with Gasteiger partial charge >= 0.3 is 151 Å². The third-order valence-corrected chi connectivity index (χ3v) is 9.90. The zero-order valence-corrected chi connectivity index (χ0v) is 16.3. The molecule has 1 atom stereocenters. The molecule has 0 spiro atoms. The molecule has 0 aromatic heterocycles. The van der Waals surface area contributed by atoms with Crippen LogP contribution in [0, 0.1) is 5.92 Å². The molecule has 0 aliphatic heterocycles. The van der Waals surface area contributed by atoms with Crippen LogP contribution in [0.4, 0.5) is 0 Å². The Morgan fingerprint density at radius 2 is 1.48 bits per heavy atom. The molecule has 2 aliphatic carbocycles. The predicted octanol–water partition coefficient (Wildman–Crippen LogP) is 6.10. The molecule has 4 rings (SSSR count). The van der Waals surface area contributed by atoms with Gasteiger partial charge in [-0.2, -0.15) is 0 Å². The van der Waals surface area contributed by atoms with Crippen molar-refractivity contribution in [3.63, 3.8) is 0 Å². The van der Waals surface area contributed by atoms with Crippen molar-refractivity contribution in [3.8, 4) is 11.1 Å². The van der Waals surface area contributed by atoms with E-state index in [9.17, 15) is 0 Å². The second-order valence-electron chi connectivity index (χ2n) is 6.42. The first-order chi connectivity index (χ1) is 11.3. The van der Waals surface area contributed by atoms with E-state index < -0.39 is 23.2 Å². The first-order valence-electron chi connectivity index (χ1n) is 8.69. The van der Waals surface area contributed by atoms with Crippen LogP contribution >= 0.6 is 0 Å². The van der Waals surface area contributed by atoms with E-state index in [0.717, 1.165) is 5.92 Å². The van der Waals surface area contributed by atoms with Gasteiger partial charge in [0, 0.05) is 0 Å². The normalized spacial score (nSPS) is 19.1. The van der Waals surface area contributed by atoms with Gasteiger partial charge in [0.15, 0.2) is 0 Å². The summed E-state index contributed by atoms with van der Waals surface area (Å²) >= 11 is -0.694. The predicted molar refractivity (Wildman–Crippen MR) is 94.0 cm³/mol. The average molecular weight is 378 g/mol. The number of fused-ring (bicyclic) bond motifs is 3. The number of hydrogen-bond donors (Lipinski definition) is 0. The second kappa shape index (κ2) is 6.36. The van der Waals surface area contributed by atoms with Crippen molar-refractivity contribution in [2.24, 2.45) is 5.92 Å². The van der Waals surface area contributed by atoms with E-state index in [1.807, 2.05) is 3.28 Å². The van der Waals surface area contributed by atoms with Crippen LogP contribution in [0.25, 0.3) is 11.1 Å². The minimum absolute atomic E-state index is 0.691. The molecule has 0 amide bonds. The SMILES string of the molecule is CCC1=[C]([Zr][CH]2c3ccccc3-c3ccccc32)C(CC)C=C1. The van der Waals surface area contributed by atoms with Crippen molar-refractivity contribution in [2.75, 3.05) is 0 Å². The number of benzene rings is 2. The van der Waals surface area contributed by atoms with E-state index in [4.69, 9.17) is 0 Å². The van der Waals surface area contributed by atoms with Gasteiger partial charge in [0.05, 0.1) is 0 Å². The molecular weight excluding hydrogens is 355 g/mol. The fourth-order valence-corrected chi connectivity index (χ4v) is 9.10. The van der Waals surface area contributed by atoms with E-state index in [2.05, 4.69) is 74.5 Å². The van der Waals surface area contributed by atoms with Crippen molar-refractivity contribution < 1.29 is 23.2 Å². The van der Waals surface area contributed by atoms with Crippen molar-refractivity contribution in [2.45, 2.75) is 30.3 Å². The summed E-state index contributed by atoms with van der Waals surface area (Å²) < 4.78 is 2.53. The van der Waals surface area contributed by atoms with E-state index >= 15 is 0 Å². The summed E-state index contributed by atoms with van der Waals surface area (Å²) in [7, 11) is 0. The van der Waals surface area contributed by atoms with Crippen molar-refractivity contribution >= 4 is 0 Å². The molecule has 1 heteroatoms. The first kappa shape index (κ1) is 15.3. The quantitative estimate of drug-likeness (QED) is 0.604. The van der Waals surface area contributed by atoms with Gasteiger partial charge in [-0.25, -0.2) is 0 Å². The molecule has 0 N–H and O–H groups in total. The molecule has 23 heavy (non-hydrogen) atoms. The molecule has 0 radical (unpaired) electrons. The van der Waals surface area contributed by atoms with Crippen LogP contribution < -0.4 is 0 Å². The van der Waals surface area contributed by atoms with Crippen molar-refractivity contribution in [1.82, 2.24) is 0 Å². The Balaban J connectivity index is 1.78. The van der Waals surface area contributed by atoms with Crippen LogP contribution in [0.5, 0.6) is 0 Å². The number of allylic oxidation sites excluding steroid dienone is 4. The number of rotatable bonds is 4. The Hall–Kier alpha value is -1.20. The minimum atomic E-state index is -0.694. The topological polar surface area (TPSA) is 0 Å². The fourth-order valence-electron chi connectivity index (χ4n) is 3.97. The summed E-state index contributed by atoms with van der Waals surface area (Å²) in [6.07, 6.45) is 7.32. The molecule has 2 aromatic rings. The molecular formula is C22H22Zr. The van der Waals surface area contributed by atoms with Crippen LogP contribution in [0.15, 0.2) is 69.5 Å². The maximum absolute atomic E-state index is 2.46. The van der Waals surface area contributed by atoms with E-state index in [1.54, 1.807) is 16.7 Å². The van der Waals surface area contributed by atoms with Gasteiger partial charge < -0.3 is 0 Å². The Kier molecular flexibility index (Phi) is 4.24. The zero-order valence-electron chi connectivity index (χ0n) is 13.8. The Labute approximate surface area is 150 Å². The van der Waals surface area contributed by atoms with Crippen LogP contribution in [-0.2, 0) is 23.2 Å². The second-order valence-corrected chi connectivity index (χ2v) is 9.87. The monoisotopic (exact) mass is 376 g/mol. The average Bonchev–Trinajstić information content (AvgIpc) is 3.15. The number of hydrogen-bond acceptors (Lipinski definition) is 0. The summed E-state index contributed by atoms with van der Waals surface area (Å²) in [5.41, 5.74) is 7.78. The first-order valence-corrected chi connectivity index (χ1v) is 11.3. The van der Waals surface area contributed by atoms with E-state index in [-0.39, 0.29) is 0 Å². The molecule has 2 aromatic carbocycles. The molecule has 0 saturated heterocycles. The standard InChI is InChI=1S/C13H9.C9H13.Zr/c1-3-7-12-10(5-1)9-11-6-2-4-8-13(11)12;1-3-8-5-6-9(4-2)7-8;/h1-9H;5-6,8H,3-4H2,1-2H3;. The van der Waals surface area contributed by atoms with E-state index in [1.165, 1.54) is 24.0 Å². The fraction of sp³-hybridized carbons (Fsp3) is 0.273. The maximum atomic E-state index is 2.46. The van der Waals surface area contributed by atoms with Gasteiger partial charge in [0.1, 0.15) is 0 Å². The molecule has 2 aliphatic rings. The van der Waals surface area contributed by atoms with Gasteiger partial charge in [-0.3, -0.25) is 0 Å². The van der Waals surface area contributed by atoms with Crippen molar-refractivity contribution in [3.05, 3.63) is 80.7 Å². The summed E-state index contributed by atoms with van der Waals surface area (Å²) in [6, 6.07) is 18.2. The van der Waals surface area contributed by atoms with Gasteiger partial charge in [0.2, 0.25) is 0 Å². The zero-order chi connectivity index (χ0) is 15.8. The van der Waals surface area contributed by atoms with Crippen LogP contribution in [0.3, 0.4) is 0 Å². The Morgan fingerprint density at radius 1 is 0.870 bits per heavy atom. The molecule has 0 heterocycles. The molecule has 114 valence electrons. The molecule has 0 bridgehead atoms. The van der Waals surface area contributed by atoms with Gasteiger partial charge in [-0.05, 0) is 0 Å². The Bertz CT molecular complexity index is 752. The van der Waals surface area contributed by atoms with Crippen LogP contribution in [0.2, 0.25) is 0 Å². The summed E-state index contributed by atoms with van der Waals surface area (Å²) in [5, 5.41) is 0. The third kappa shape index (κ3) is 2.54. The van der Waals surface area contributed by atoms with E-state index in [0.29, 0.717) is 3.63 Å². The summed E-state index contributed by atoms with van der Waals surface area (Å²) in [4.78, 5) is 0. The van der Waals surface area contributed by atoms with Crippen LogP contribution in [-0.4, -0.2) is 0 Å². The van der Waals surface area contributed by atoms with Gasteiger partial charge in [-0.15, -0.1) is 0 Å². The van der Waals surface area contributed by atoms with Crippen LogP contribution in [0.1, 0.15) is 41.4 Å². The van der Waals surface area contributed by atoms with Gasteiger partial charge in [-0.1, -0.05) is 0 Å². The van der Waals surface area contributed by atoms with Crippen molar-refractivity contribution in [1.29, 1.82) is 0 Å². The summed E-state index contributed by atoms with van der Waals surface area (Å²) in [6.45, 7) is 4.65. The molecule has 0 fully saturated rings. The molecule has 0 nitrogen and oxygen atoms in total. The summed E-state index contributed by atoms with van der Waals surface area (Å²) in [5.74, 6) is 0.719. The Morgan fingerprint density at radius 3 is 2.04 bits per heavy atom. The molecule has 1 unspecified atom stereocenters. The third-order valence-electron chi connectivity index (χ3n) is 5.20. The van der Waals surface area contributed by atoms with Gasteiger partial charge in [0.25, 0.3) is 0 Å².